The van der Waals surface area contributed by atoms with Gasteiger partial charge < -0.3 is 0 Å². The van der Waals surface area contributed by atoms with Gasteiger partial charge in [0.25, 0.3) is 11.5 Å². The Hall–Kier alpha value is -2.48. The molecule has 0 bridgehead atoms. The van der Waals surface area contributed by atoms with Gasteiger partial charge in [-0.3, -0.25) is 10.1 Å². The van der Waals surface area contributed by atoms with Crippen molar-refractivity contribution >= 4 is 23.2 Å². The maximum Gasteiger partial charge on any atom is 0.283 e. The van der Waals surface area contributed by atoms with E-state index >= 15 is 0 Å². The van der Waals surface area contributed by atoms with E-state index in [4.69, 9.17) is 0 Å². The van der Waals surface area contributed by atoms with Crippen LogP contribution >= 0.6 is 11.8 Å². The molecule has 23 heavy (non-hydrogen) atoms. The summed E-state index contributed by atoms with van der Waals surface area (Å²) in [6, 6.07) is 5.11. The summed E-state index contributed by atoms with van der Waals surface area (Å²) in [6.07, 6.45) is 0. The second-order valence-electron chi connectivity index (χ2n) is 5.34. The quantitative estimate of drug-likeness (QED) is 0.540. The van der Waals surface area contributed by atoms with Crippen molar-refractivity contribution in [2.45, 2.75) is 37.7 Å². The summed E-state index contributed by atoms with van der Waals surface area (Å²) < 4.78 is 1.67. The number of nitrogens with zero attached hydrogens (tertiary/aromatic N) is 5. The lowest BCUT2D eigenvalue weighted by Crippen LogP contribution is -2.02. The zero-order valence-corrected chi connectivity index (χ0v) is 14.0. The summed E-state index contributed by atoms with van der Waals surface area (Å²) in [5, 5.41) is 16.1. The third-order valence-electron chi connectivity index (χ3n) is 3.75. The van der Waals surface area contributed by atoms with Crippen LogP contribution in [0.5, 0.6) is 0 Å². The van der Waals surface area contributed by atoms with Crippen LogP contribution in [0.25, 0.3) is 5.78 Å². The largest absolute Gasteiger partial charge is 0.283 e. The van der Waals surface area contributed by atoms with Gasteiger partial charge in [-0.1, -0.05) is 6.07 Å². The molecular weight excluding hydrogens is 314 g/mol. The standard InChI is InChI=1S/C15H15N5O2S/c1-8-5-6-13(12(7-8)20(21)22)23-15-17-14-16-10(3)9(2)11(4)19(14)18-15/h5-7H,1-4H3. The highest BCUT2D eigenvalue weighted by Crippen LogP contribution is 2.34. The fourth-order valence-electron chi connectivity index (χ4n) is 2.24. The first-order chi connectivity index (χ1) is 10.9. The van der Waals surface area contributed by atoms with Crippen molar-refractivity contribution in [2.75, 3.05) is 0 Å². The molecule has 0 N–H and O–H groups in total. The van der Waals surface area contributed by atoms with Crippen LogP contribution in [0.3, 0.4) is 0 Å². The van der Waals surface area contributed by atoms with Crippen LogP contribution in [-0.2, 0) is 0 Å². The first-order valence-corrected chi connectivity index (χ1v) is 7.82. The molecule has 0 amide bonds. The highest BCUT2D eigenvalue weighted by molar-refractivity contribution is 7.99. The minimum absolute atomic E-state index is 0.0610. The molecule has 0 aliphatic rings. The zero-order valence-electron chi connectivity index (χ0n) is 13.2. The van der Waals surface area contributed by atoms with Crippen molar-refractivity contribution in [1.82, 2.24) is 19.6 Å². The molecule has 7 nitrogen and oxygen atoms in total. The van der Waals surface area contributed by atoms with Crippen LogP contribution in [-0.4, -0.2) is 24.5 Å². The Balaban J connectivity index is 2.06. The number of nitro groups is 1. The minimum Gasteiger partial charge on any atom is -0.258 e. The Morgan fingerprint density at radius 2 is 1.91 bits per heavy atom. The fourth-order valence-corrected chi connectivity index (χ4v) is 3.06. The molecule has 1 aromatic carbocycles. The SMILES string of the molecule is Cc1ccc(Sc2nc3nc(C)c(C)c(C)n3n2)c([N+](=O)[O-])c1. The molecule has 2 aromatic heterocycles. The van der Waals surface area contributed by atoms with Gasteiger partial charge in [-0.05, 0) is 56.7 Å². The molecule has 0 radical (unpaired) electrons. The average molecular weight is 329 g/mol. The predicted octanol–water partition coefficient (Wildman–Crippen LogP) is 3.42. The van der Waals surface area contributed by atoms with E-state index in [-0.39, 0.29) is 10.6 Å². The van der Waals surface area contributed by atoms with Crippen molar-refractivity contribution in [3.05, 3.63) is 50.8 Å². The van der Waals surface area contributed by atoms with Crippen LogP contribution in [0, 0.1) is 37.8 Å². The molecule has 3 rings (SSSR count). The highest BCUT2D eigenvalue weighted by atomic mass is 32.2. The third-order valence-corrected chi connectivity index (χ3v) is 4.67. The molecule has 8 heteroatoms. The van der Waals surface area contributed by atoms with E-state index in [1.165, 1.54) is 11.8 Å². The van der Waals surface area contributed by atoms with Gasteiger partial charge in [-0.2, -0.15) is 4.98 Å². The predicted molar refractivity (Wildman–Crippen MR) is 86.9 cm³/mol. The van der Waals surface area contributed by atoms with Gasteiger partial charge in [-0.15, -0.1) is 5.10 Å². The summed E-state index contributed by atoms with van der Waals surface area (Å²) in [5.74, 6) is 0.503. The number of hydrogen-bond donors (Lipinski definition) is 0. The summed E-state index contributed by atoms with van der Waals surface area (Å²) >= 11 is 1.17. The number of benzene rings is 1. The molecule has 0 aliphatic carbocycles. The smallest absolute Gasteiger partial charge is 0.258 e. The molecule has 0 spiro atoms. The van der Waals surface area contributed by atoms with Crippen molar-refractivity contribution in [3.63, 3.8) is 0 Å². The Morgan fingerprint density at radius 1 is 1.17 bits per heavy atom. The van der Waals surface area contributed by atoms with Gasteiger partial charge >= 0.3 is 0 Å². The van der Waals surface area contributed by atoms with Crippen molar-refractivity contribution in [3.8, 4) is 0 Å². The maximum atomic E-state index is 11.2. The van der Waals surface area contributed by atoms with E-state index in [0.29, 0.717) is 15.8 Å². The molecule has 3 aromatic rings. The Labute approximate surface area is 136 Å². The number of fused-ring (bicyclic) bond motifs is 1. The van der Waals surface area contributed by atoms with Gasteiger partial charge in [0.1, 0.15) is 0 Å². The van der Waals surface area contributed by atoms with E-state index in [0.717, 1.165) is 22.5 Å². The first-order valence-electron chi connectivity index (χ1n) is 7.00. The monoisotopic (exact) mass is 329 g/mol. The Morgan fingerprint density at radius 3 is 2.61 bits per heavy atom. The molecule has 2 heterocycles. The zero-order chi connectivity index (χ0) is 16.7. The van der Waals surface area contributed by atoms with E-state index < -0.39 is 0 Å². The van der Waals surface area contributed by atoms with Gasteiger partial charge in [0.05, 0.1) is 9.82 Å². The molecule has 0 unspecified atom stereocenters. The van der Waals surface area contributed by atoms with Gasteiger partial charge in [0.15, 0.2) is 0 Å². The van der Waals surface area contributed by atoms with Gasteiger partial charge in [0.2, 0.25) is 5.16 Å². The molecule has 0 aliphatic heterocycles. The third kappa shape index (κ3) is 2.77. The molecular formula is C15H15N5O2S. The minimum atomic E-state index is -0.386. The number of rotatable bonds is 3. The number of aromatic nitrogens is 4. The molecule has 118 valence electrons. The molecule has 0 fully saturated rings. The van der Waals surface area contributed by atoms with Crippen molar-refractivity contribution < 1.29 is 4.92 Å². The summed E-state index contributed by atoms with van der Waals surface area (Å²) in [4.78, 5) is 20.1. The van der Waals surface area contributed by atoms with E-state index in [9.17, 15) is 10.1 Å². The Bertz CT molecular complexity index is 935. The van der Waals surface area contributed by atoms with Crippen LogP contribution in [0.15, 0.2) is 28.3 Å². The highest BCUT2D eigenvalue weighted by Gasteiger charge is 2.18. The second kappa shape index (κ2) is 5.62. The van der Waals surface area contributed by atoms with E-state index in [1.54, 1.807) is 16.6 Å². The first kappa shape index (κ1) is 15.4. The normalized spacial score (nSPS) is 11.1. The Kier molecular flexibility index (Phi) is 3.77. The maximum absolute atomic E-state index is 11.2. The number of nitro benzene ring substituents is 1. The van der Waals surface area contributed by atoms with Crippen LogP contribution < -0.4 is 0 Å². The molecule has 0 saturated heterocycles. The lowest BCUT2D eigenvalue weighted by atomic mass is 10.2. The fraction of sp³-hybridized carbons (Fsp3) is 0.267. The second-order valence-corrected chi connectivity index (χ2v) is 6.35. The van der Waals surface area contributed by atoms with E-state index in [2.05, 4.69) is 15.1 Å². The summed E-state index contributed by atoms with van der Waals surface area (Å²) in [5.41, 5.74) is 3.82. The van der Waals surface area contributed by atoms with E-state index in [1.807, 2.05) is 33.8 Å². The molecule has 0 saturated carbocycles. The van der Waals surface area contributed by atoms with Crippen LogP contribution in [0.1, 0.15) is 22.5 Å². The lowest BCUT2D eigenvalue weighted by molar-refractivity contribution is -0.387. The van der Waals surface area contributed by atoms with Crippen molar-refractivity contribution in [1.29, 1.82) is 0 Å². The van der Waals surface area contributed by atoms with Crippen LogP contribution in [0.2, 0.25) is 0 Å². The van der Waals surface area contributed by atoms with Gasteiger partial charge in [-0.25, -0.2) is 9.50 Å². The lowest BCUT2D eigenvalue weighted by Gasteiger charge is -2.04. The summed E-state index contributed by atoms with van der Waals surface area (Å²) in [7, 11) is 0. The number of aryl methyl sites for hydroxylation is 3. The average Bonchev–Trinajstić information content (AvgIpc) is 2.89. The van der Waals surface area contributed by atoms with Crippen molar-refractivity contribution in [2.24, 2.45) is 0 Å². The van der Waals surface area contributed by atoms with Crippen LogP contribution in [0.4, 0.5) is 5.69 Å². The number of hydrogen-bond acceptors (Lipinski definition) is 6. The summed E-state index contributed by atoms with van der Waals surface area (Å²) in [6.45, 7) is 7.68. The topological polar surface area (TPSA) is 86.2 Å². The van der Waals surface area contributed by atoms with Gasteiger partial charge in [0, 0.05) is 17.5 Å². The molecule has 0 atom stereocenters.